The van der Waals surface area contributed by atoms with Crippen LogP contribution in [0.15, 0.2) is 24.3 Å². The van der Waals surface area contributed by atoms with Crippen LogP contribution in [0.2, 0.25) is 0 Å². The maximum atomic E-state index is 10.3. The minimum atomic E-state index is -0.998. The third-order valence-corrected chi connectivity index (χ3v) is 2.52. The summed E-state index contributed by atoms with van der Waals surface area (Å²) >= 11 is 0. The van der Waals surface area contributed by atoms with Gasteiger partial charge in [0.2, 0.25) is 0 Å². The predicted molar refractivity (Wildman–Crippen MR) is 57.5 cm³/mol. The zero-order valence-corrected chi connectivity index (χ0v) is 9.44. The lowest BCUT2D eigenvalue weighted by Gasteiger charge is -2.09. The average Bonchev–Trinajstić information content (AvgIpc) is 2.28. The Kier molecular flexibility index (Phi) is 4.79. The van der Waals surface area contributed by atoms with E-state index in [9.17, 15) is 9.90 Å². The van der Waals surface area contributed by atoms with Crippen LogP contribution in [0.3, 0.4) is 0 Å². The van der Waals surface area contributed by atoms with Crippen molar-refractivity contribution in [2.75, 3.05) is 7.11 Å². The normalized spacial score (nSPS) is 12.1. The number of carbonyl (C=O) groups excluding carboxylic acids is 1. The number of rotatable bonds is 6. The maximum Gasteiger partial charge on any atom is 0.118 e. The lowest BCUT2D eigenvalue weighted by atomic mass is 10.0. The number of aliphatic carboxylic acids is 1. The van der Waals surface area contributed by atoms with Gasteiger partial charge in [-0.3, -0.25) is 0 Å². The van der Waals surface area contributed by atoms with E-state index in [2.05, 4.69) is 5.73 Å². The van der Waals surface area contributed by atoms with Crippen molar-refractivity contribution in [3.05, 3.63) is 29.8 Å². The van der Waals surface area contributed by atoms with Crippen LogP contribution in [0, 0.1) is 0 Å². The summed E-state index contributed by atoms with van der Waals surface area (Å²) in [6.45, 7) is 0. The van der Waals surface area contributed by atoms with Gasteiger partial charge in [0.15, 0.2) is 0 Å². The Morgan fingerprint density at radius 3 is 2.56 bits per heavy atom. The maximum absolute atomic E-state index is 10.3. The molecule has 1 aromatic carbocycles. The topological polar surface area (TPSA) is 77.0 Å². The summed E-state index contributed by atoms with van der Waals surface area (Å²) in [5.74, 6) is -0.187. The van der Waals surface area contributed by atoms with Gasteiger partial charge in [-0.1, -0.05) is 0 Å². The van der Waals surface area contributed by atoms with Crippen molar-refractivity contribution in [3.8, 4) is 5.75 Å². The first-order valence-corrected chi connectivity index (χ1v) is 5.30. The number of ether oxygens (including phenoxy) is 1. The molecule has 1 atom stereocenters. The summed E-state index contributed by atoms with van der Waals surface area (Å²) in [6.07, 6.45) is 1.45. The van der Waals surface area contributed by atoms with E-state index in [0.29, 0.717) is 6.42 Å². The van der Waals surface area contributed by atoms with Gasteiger partial charge >= 0.3 is 0 Å². The van der Waals surface area contributed by atoms with Gasteiger partial charge in [-0.05, 0) is 37.1 Å². The third-order valence-electron chi connectivity index (χ3n) is 2.52. The molecule has 0 aliphatic carbocycles. The molecule has 0 heterocycles. The molecule has 1 aromatic rings. The van der Waals surface area contributed by atoms with Crippen molar-refractivity contribution >= 4 is 5.97 Å². The number of benzene rings is 1. The largest absolute Gasteiger partial charge is 0.550 e. The van der Waals surface area contributed by atoms with E-state index in [-0.39, 0.29) is 12.5 Å². The van der Waals surface area contributed by atoms with E-state index in [1.54, 1.807) is 7.11 Å². The number of quaternary nitrogens is 1. The number of methoxy groups -OCH3 is 1. The van der Waals surface area contributed by atoms with Gasteiger partial charge in [-0.15, -0.1) is 0 Å². The first-order valence-electron chi connectivity index (χ1n) is 5.30. The quantitative estimate of drug-likeness (QED) is 0.731. The number of carbonyl (C=O) groups is 1. The summed E-state index contributed by atoms with van der Waals surface area (Å²) in [6, 6.07) is 7.79. The predicted octanol–water partition coefficient (Wildman–Crippen LogP) is -0.102. The molecular formula is C12H17NO3. The molecule has 0 amide bonds. The number of hydrogen-bond acceptors (Lipinski definition) is 3. The Balaban J connectivity index is 2.45. The molecule has 0 fully saturated rings. The molecule has 0 radical (unpaired) electrons. The number of carboxylic acids is 1. The zero-order valence-electron chi connectivity index (χ0n) is 9.44. The van der Waals surface area contributed by atoms with E-state index in [0.717, 1.165) is 17.7 Å². The fourth-order valence-electron chi connectivity index (χ4n) is 1.54. The van der Waals surface area contributed by atoms with Gasteiger partial charge in [-0.25, -0.2) is 0 Å². The highest BCUT2D eigenvalue weighted by Crippen LogP contribution is 2.18. The van der Waals surface area contributed by atoms with Crippen molar-refractivity contribution in [2.45, 2.75) is 25.3 Å². The Labute approximate surface area is 95.0 Å². The van der Waals surface area contributed by atoms with Gasteiger partial charge in [-0.2, -0.15) is 0 Å². The molecule has 88 valence electrons. The van der Waals surface area contributed by atoms with Gasteiger partial charge < -0.3 is 20.4 Å². The minimum absolute atomic E-state index is 0.0994. The van der Waals surface area contributed by atoms with Crippen molar-refractivity contribution in [2.24, 2.45) is 0 Å². The van der Waals surface area contributed by atoms with Crippen LogP contribution in [0.5, 0.6) is 5.75 Å². The first kappa shape index (κ1) is 12.5. The molecule has 4 nitrogen and oxygen atoms in total. The van der Waals surface area contributed by atoms with Crippen LogP contribution in [0.25, 0.3) is 0 Å². The fraction of sp³-hybridized carbons (Fsp3) is 0.417. The van der Waals surface area contributed by atoms with Crippen LogP contribution in [0.1, 0.15) is 30.9 Å². The summed E-state index contributed by atoms with van der Waals surface area (Å²) in [5, 5.41) is 10.3. The summed E-state index contributed by atoms with van der Waals surface area (Å²) < 4.78 is 5.06. The van der Waals surface area contributed by atoms with E-state index >= 15 is 0 Å². The fourth-order valence-corrected chi connectivity index (χ4v) is 1.54. The minimum Gasteiger partial charge on any atom is -0.550 e. The number of carboxylic acid groups (broad SMARTS) is 1. The van der Waals surface area contributed by atoms with Crippen molar-refractivity contribution in [1.29, 1.82) is 0 Å². The second-order valence-corrected chi connectivity index (χ2v) is 3.73. The van der Waals surface area contributed by atoms with Crippen LogP contribution in [-0.4, -0.2) is 13.1 Å². The van der Waals surface area contributed by atoms with E-state index in [4.69, 9.17) is 4.74 Å². The van der Waals surface area contributed by atoms with Crippen LogP contribution in [0.4, 0.5) is 0 Å². The molecule has 4 heteroatoms. The Morgan fingerprint density at radius 1 is 1.44 bits per heavy atom. The molecule has 3 N–H and O–H groups in total. The Hall–Kier alpha value is -1.55. The molecule has 0 spiro atoms. The SMILES string of the molecule is COc1ccc([C@@H]([NH3+])CCCC(=O)[O-])cc1. The van der Waals surface area contributed by atoms with Crippen molar-refractivity contribution < 1.29 is 20.4 Å². The summed E-state index contributed by atoms with van der Waals surface area (Å²) in [7, 11) is 1.62. The molecule has 0 saturated heterocycles. The van der Waals surface area contributed by atoms with Crippen molar-refractivity contribution in [1.82, 2.24) is 0 Å². The van der Waals surface area contributed by atoms with Gasteiger partial charge in [0.1, 0.15) is 11.8 Å². The second-order valence-electron chi connectivity index (χ2n) is 3.73. The summed E-state index contributed by atoms with van der Waals surface area (Å²) in [5.41, 5.74) is 5.10. The molecule has 0 bridgehead atoms. The highest BCUT2D eigenvalue weighted by molar-refractivity contribution is 5.64. The Morgan fingerprint density at radius 2 is 2.06 bits per heavy atom. The van der Waals surface area contributed by atoms with E-state index in [1.165, 1.54) is 0 Å². The average molecular weight is 223 g/mol. The molecule has 0 aliphatic rings. The standard InChI is InChI=1S/C12H17NO3/c1-16-10-7-5-9(6-8-10)11(13)3-2-4-12(14)15/h5-8,11H,2-4,13H2,1H3,(H,14,15)/t11-/m0/s1. The monoisotopic (exact) mass is 223 g/mol. The van der Waals surface area contributed by atoms with E-state index < -0.39 is 5.97 Å². The van der Waals surface area contributed by atoms with Crippen LogP contribution >= 0.6 is 0 Å². The highest BCUT2D eigenvalue weighted by atomic mass is 16.5. The first-order chi connectivity index (χ1) is 7.63. The highest BCUT2D eigenvalue weighted by Gasteiger charge is 2.09. The Bertz CT molecular complexity index is 335. The lowest BCUT2D eigenvalue weighted by Crippen LogP contribution is -2.53. The number of hydrogen-bond donors (Lipinski definition) is 1. The molecule has 0 saturated carbocycles. The summed E-state index contributed by atoms with van der Waals surface area (Å²) in [4.78, 5) is 10.3. The smallest absolute Gasteiger partial charge is 0.118 e. The third kappa shape index (κ3) is 3.90. The molecular weight excluding hydrogens is 206 g/mol. The van der Waals surface area contributed by atoms with Gasteiger partial charge in [0.25, 0.3) is 0 Å². The molecule has 1 rings (SSSR count). The second kappa shape index (κ2) is 6.12. The molecule has 0 aromatic heterocycles. The molecule has 0 unspecified atom stereocenters. The molecule has 0 aliphatic heterocycles. The van der Waals surface area contributed by atoms with Gasteiger partial charge in [0, 0.05) is 18.0 Å². The van der Waals surface area contributed by atoms with Crippen LogP contribution in [-0.2, 0) is 4.79 Å². The zero-order chi connectivity index (χ0) is 12.0. The van der Waals surface area contributed by atoms with E-state index in [1.807, 2.05) is 24.3 Å². The molecule has 16 heavy (non-hydrogen) atoms. The van der Waals surface area contributed by atoms with Gasteiger partial charge in [0.05, 0.1) is 7.11 Å². The lowest BCUT2D eigenvalue weighted by molar-refractivity contribution is -0.428. The van der Waals surface area contributed by atoms with Crippen LogP contribution < -0.4 is 15.6 Å². The van der Waals surface area contributed by atoms with Crippen molar-refractivity contribution in [3.63, 3.8) is 0 Å².